The molecule has 1 aromatic heterocycles. The van der Waals surface area contributed by atoms with Crippen LogP contribution in [0.25, 0.3) is 0 Å². The Morgan fingerprint density at radius 3 is 2.23 bits per heavy atom. The van der Waals surface area contributed by atoms with Gasteiger partial charge in [0.05, 0.1) is 0 Å². The molecule has 122 valence electrons. The van der Waals surface area contributed by atoms with Crippen LogP contribution in [0, 0.1) is 6.92 Å². The van der Waals surface area contributed by atoms with E-state index in [9.17, 15) is 19.4 Å². The molecule has 11 heteroatoms. The van der Waals surface area contributed by atoms with Crippen LogP contribution in [-0.2, 0) is 0 Å². The molecule has 3 N–H and O–H groups in total. The fraction of sp³-hybridized carbons (Fsp3) is 0.0909. The smallest absolute Gasteiger partial charge is 0.310 e. The van der Waals surface area contributed by atoms with Gasteiger partial charge >= 0.3 is 10.2 Å². The van der Waals surface area contributed by atoms with Gasteiger partial charge in [-0.2, -0.15) is 4.98 Å². The van der Waals surface area contributed by atoms with E-state index in [2.05, 4.69) is 31.2 Å². The van der Waals surface area contributed by atoms with Crippen molar-refractivity contribution in [2.24, 2.45) is 0 Å². The lowest BCUT2D eigenvalue weighted by molar-refractivity contribution is 0.364. The van der Waals surface area contributed by atoms with Crippen molar-refractivity contribution in [3.63, 3.8) is 0 Å². The number of anilines is 3. The number of nitrogen functional groups attached to an aromatic ring is 1. The Bertz CT molecular complexity index is 730. The first-order chi connectivity index (χ1) is 9.72. The molecule has 22 heavy (non-hydrogen) atoms. The second kappa shape index (κ2) is 4.44. The summed E-state index contributed by atoms with van der Waals surface area (Å²) in [5, 5.41) is 2.50. The number of hydrogen-bond donors (Lipinski definition) is 2. The van der Waals surface area contributed by atoms with Crippen LogP contribution in [0.5, 0.6) is 0 Å². The van der Waals surface area contributed by atoms with E-state index in [1.807, 2.05) is 0 Å². The Kier molecular flexibility index (Phi) is 3.38. The number of aromatic nitrogens is 2. The highest BCUT2D eigenvalue weighted by Crippen LogP contribution is 3.02. The first-order valence-corrected chi connectivity index (χ1v) is 8.40. The minimum absolute atomic E-state index is 0.0922. The summed E-state index contributed by atoms with van der Waals surface area (Å²) in [4.78, 5) is 5.56. The topological polar surface area (TPSA) is 63.8 Å². The monoisotopic (exact) mass is 404 g/mol. The number of nitrogens with two attached hydrogens (primary N) is 1. The molecule has 0 unspecified atom stereocenters. The number of hydrogen-bond acceptors (Lipinski definition) is 4. The maximum atomic E-state index is 12.9. The van der Waals surface area contributed by atoms with Gasteiger partial charge in [0.1, 0.15) is 10.7 Å². The molecule has 0 amide bonds. The summed E-state index contributed by atoms with van der Waals surface area (Å²) in [6.07, 6.45) is 0. The van der Waals surface area contributed by atoms with Gasteiger partial charge in [-0.25, -0.2) is 4.98 Å². The minimum Gasteiger partial charge on any atom is -0.368 e. The molecule has 0 aliphatic carbocycles. The Morgan fingerprint density at radius 1 is 1.05 bits per heavy atom. The highest BCUT2D eigenvalue weighted by Gasteiger charge is 2.65. The van der Waals surface area contributed by atoms with E-state index in [1.54, 1.807) is 6.92 Å². The third-order valence-electron chi connectivity index (χ3n) is 2.46. The van der Waals surface area contributed by atoms with Crippen molar-refractivity contribution in [3.8, 4) is 0 Å². The van der Waals surface area contributed by atoms with Crippen molar-refractivity contribution in [3.05, 3.63) is 34.4 Å². The number of benzene rings is 1. The molecule has 0 aliphatic heterocycles. The molecule has 2 rings (SSSR count). The zero-order valence-corrected chi connectivity index (χ0v) is 13.4. The summed E-state index contributed by atoms with van der Waals surface area (Å²) in [7, 11) is -9.77. The second-order valence-corrected chi connectivity index (χ2v) is 7.85. The van der Waals surface area contributed by atoms with Crippen LogP contribution in [0.15, 0.2) is 33.6 Å². The third kappa shape index (κ3) is 4.19. The van der Waals surface area contributed by atoms with Crippen LogP contribution in [0.2, 0.25) is 0 Å². The lowest BCUT2D eigenvalue weighted by atomic mass is 10.3. The van der Waals surface area contributed by atoms with E-state index in [1.165, 1.54) is 12.1 Å². The SMILES string of the molecule is Cc1cc(Nc2cc(Br)cc(S(F)(F)(F)(F)F)c2)nc(N)n1. The number of rotatable bonds is 3. The molecule has 0 radical (unpaired) electrons. The zero-order valence-electron chi connectivity index (χ0n) is 11.0. The summed E-state index contributed by atoms with van der Waals surface area (Å²) in [6, 6.07) is 3.27. The predicted molar refractivity (Wildman–Crippen MR) is 80.0 cm³/mol. The molecule has 0 saturated heterocycles. The molecule has 4 nitrogen and oxygen atoms in total. The van der Waals surface area contributed by atoms with Gasteiger partial charge in [0.15, 0.2) is 0 Å². The molecule has 2 aromatic rings. The first kappa shape index (κ1) is 16.7. The highest BCUT2D eigenvalue weighted by atomic mass is 79.9. The maximum Gasteiger partial charge on any atom is 0.310 e. The molecule has 0 bridgehead atoms. The number of aryl methyl sites for hydroxylation is 1. The number of nitrogens with zero attached hydrogens (tertiary/aromatic N) is 2. The van der Waals surface area contributed by atoms with Gasteiger partial charge in [-0.1, -0.05) is 35.4 Å². The van der Waals surface area contributed by atoms with E-state index >= 15 is 0 Å². The van der Waals surface area contributed by atoms with E-state index in [-0.39, 0.29) is 21.9 Å². The van der Waals surface area contributed by atoms with E-state index < -0.39 is 15.1 Å². The molecule has 0 aliphatic rings. The van der Waals surface area contributed by atoms with E-state index in [4.69, 9.17) is 5.73 Å². The Morgan fingerprint density at radius 2 is 1.68 bits per heavy atom. The van der Waals surface area contributed by atoms with Gasteiger partial charge in [-0.3, -0.25) is 0 Å². The van der Waals surface area contributed by atoms with Crippen LogP contribution < -0.4 is 11.1 Å². The Balaban J connectivity index is 2.48. The van der Waals surface area contributed by atoms with E-state index in [0.717, 1.165) is 0 Å². The molecule has 0 fully saturated rings. The molecule has 1 aromatic carbocycles. The van der Waals surface area contributed by atoms with Crippen molar-refractivity contribution < 1.29 is 19.4 Å². The quantitative estimate of drug-likeness (QED) is 0.660. The molecule has 1 heterocycles. The minimum atomic E-state index is -9.77. The fourth-order valence-corrected chi connectivity index (χ4v) is 3.01. The average Bonchev–Trinajstić information content (AvgIpc) is 2.23. The van der Waals surface area contributed by atoms with Crippen LogP contribution in [-0.4, -0.2) is 9.97 Å². The van der Waals surface area contributed by atoms with Crippen molar-refractivity contribution in [2.45, 2.75) is 11.8 Å². The Hall–Kier alpha value is -1.62. The second-order valence-electron chi connectivity index (χ2n) is 4.52. The van der Waals surface area contributed by atoms with Gasteiger partial charge in [0.2, 0.25) is 5.95 Å². The largest absolute Gasteiger partial charge is 0.368 e. The van der Waals surface area contributed by atoms with Crippen molar-refractivity contribution >= 4 is 43.6 Å². The predicted octanol–water partition coefficient (Wildman–Crippen LogP) is 5.53. The third-order valence-corrected chi connectivity index (χ3v) is 4.05. The van der Waals surface area contributed by atoms with Gasteiger partial charge in [-0.05, 0) is 25.1 Å². The van der Waals surface area contributed by atoms with Gasteiger partial charge in [0.25, 0.3) is 0 Å². The molecule has 0 saturated carbocycles. The van der Waals surface area contributed by atoms with Crippen LogP contribution in [0.4, 0.5) is 36.9 Å². The summed E-state index contributed by atoms with van der Waals surface area (Å²) in [5.41, 5.74) is 5.68. The molecular formula is C11H10BrF5N4S. The molecular weight excluding hydrogens is 395 g/mol. The fourth-order valence-electron chi connectivity index (χ4n) is 1.66. The van der Waals surface area contributed by atoms with Crippen LogP contribution in [0.1, 0.15) is 5.69 Å². The number of halogens is 6. The lowest BCUT2D eigenvalue weighted by Gasteiger charge is -2.40. The van der Waals surface area contributed by atoms with Gasteiger partial charge in [0, 0.05) is 21.9 Å². The summed E-state index contributed by atoms with van der Waals surface area (Å²) >= 11 is 2.78. The normalized spacial score (nSPS) is 15.0. The Labute approximate surface area is 130 Å². The summed E-state index contributed by atoms with van der Waals surface area (Å²) in [6.45, 7) is 1.60. The summed E-state index contributed by atoms with van der Waals surface area (Å²) in [5.74, 6) is 0.00152. The average molecular weight is 405 g/mol. The summed E-state index contributed by atoms with van der Waals surface area (Å²) < 4.78 is 64.2. The van der Waals surface area contributed by atoms with Crippen LogP contribution in [0.3, 0.4) is 0 Å². The van der Waals surface area contributed by atoms with Crippen molar-refractivity contribution in [1.29, 1.82) is 0 Å². The zero-order chi connectivity index (χ0) is 16.8. The van der Waals surface area contributed by atoms with Gasteiger partial charge in [-0.15, -0.1) is 0 Å². The highest BCUT2D eigenvalue weighted by molar-refractivity contribution is 9.10. The maximum absolute atomic E-state index is 12.9. The van der Waals surface area contributed by atoms with Crippen molar-refractivity contribution in [1.82, 2.24) is 9.97 Å². The standard InChI is InChI=1S/C11H10BrF5N4S/c1-6-2-10(21-11(18)19-6)20-8-3-7(12)4-9(5-8)22(13,14,15,16)17/h2-5H,1H3,(H3,18,19,20,21). The lowest BCUT2D eigenvalue weighted by Crippen LogP contribution is -2.07. The number of nitrogens with one attached hydrogen (secondary N) is 1. The van der Waals surface area contributed by atoms with Gasteiger partial charge < -0.3 is 11.1 Å². The molecule has 0 atom stereocenters. The van der Waals surface area contributed by atoms with Crippen molar-refractivity contribution in [2.75, 3.05) is 11.1 Å². The van der Waals surface area contributed by atoms with Crippen LogP contribution >= 0.6 is 26.2 Å². The van der Waals surface area contributed by atoms with E-state index in [0.29, 0.717) is 17.8 Å². The first-order valence-electron chi connectivity index (χ1n) is 5.66. The molecule has 0 spiro atoms.